The fourth-order valence-corrected chi connectivity index (χ4v) is 7.57. The van der Waals surface area contributed by atoms with Crippen molar-refractivity contribution < 1.29 is 18.0 Å². The number of halogens is 1. The highest BCUT2D eigenvalue weighted by Crippen LogP contribution is 2.39. The van der Waals surface area contributed by atoms with Crippen molar-refractivity contribution in [3.63, 3.8) is 0 Å². The molecule has 0 saturated carbocycles. The molecule has 10 heteroatoms. The maximum Gasteiger partial charge on any atom is 0.221 e. The van der Waals surface area contributed by atoms with E-state index in [4.69, 9.17) is 0 Å². The third-order valence-corrected chi connectivity index (χ3v) is 9.93. The average molecular weight is 501 g/mol. The summed E-state index contributed by atoms with van der Waals surface area (Å²) < 4.78 is 45.3. The summed E-state index contributed by atoms with van der Waals surface area (Å²) in [4.78, 5) is 0. The van der Waals surface area contributed by atoms with E-state index in [0.29, 0.717) is 50.0 Å². The van der Waals surface area contributed by atoms with Gasteiger partial charge in [0.25, 0.3) is 0 Å². The number of hydrogen-bond donors (Lipinski definition) is 1. The highest BCUT2D eigenvalue weighted by molar-refractivity contribution is 7.89. The Bertz CT molecular complexity index is 1260. The van der Waals surface area contributed by atoms with Crippen LogP contribution in [0.5, 0.6) is 0 Å². The molecule has 0 radical (unpaired) electrons. The van der Waals surface area contributed by atoms with E-state index in [0.717, 1.165) is 5.56 Å². The van der Waals surface area contributed by atoms with Gasteiger partial charge in [0, 0.05) is 49.2 Å². The van der Waals surface area contributed by atoms with Crippen LogP contribution in [0.2, 0.25) is 0 Å². The third-order valence-electron chi connectivity index (χ3n) is 7.56. The molecule has 2 atom stereocenters. The van der Waals surface area contributed by atoms with Crippen molar-refractivity contribution in [3.05, 3.63) is 78.1 Å². The molecule has 0 spiro atoms. The van der Waals surface area contributed by atoms with Crippen LogP contribution in [0.15, 0.2) is 61.2 Å². The lowest BCUT2D eigenvalue weighted by Gasteiger charge is -2.38. The van der Waals surface area contributed by atoms with E-state index in [1.165, 1.54) is 10.4 Å². The maximum atomic E-state index is 15.3. The molecule has 35 heavy (non-hydrogen) atoms. The quantitative estimate of drug-likeness (QED) is 0.531. The SMILES string of the molecule is C[C@H]1CC[C@H](c2ccccc2)S(=O)(=O)N1Cc1ccc([N+]2(O)CCC(n3cnnc3)CC2)cc1F. The fourth-order valence-electron chi connectivity index (χ4n) is 5.38. The molecule has 5 rings (SSSR count). The standard InChI is InChI=1S/C25H31FN5O3S/c1-19-7-10-25(20-5-3-2-4-6-20)35(33,34)30(19)16-21-8-9-23(15-24(21)26)31(32)13-11-22(12-14-31)29-17-27-28-18-29/h2-6,8-9,15,17-19,22,25,32H,7,10-14,16H2,1H3/q+1/t19-,22?,25+,31?/m0/s1. The van der Waals surface area contributed by atoms with Crippen LogP contribution in [0.4, 0.5) is 10.1 Å². The Hall–Kier alpha value is -2.66. The van der Waals surface area contributed by atoms with E-state index in [1.807, 2.05) is 41.8 Å². The minimum atomic E-state index is -3.65. The van der Waals surface area contributed by atoms with Gasteiger partial charge in [-0.25, -0.2) is 18.0 Å². The van der Waals surface area contributed by atoms with Crippen LogP contribution in [0.3, 0.4) is 0 Å². The van der Waals surface area contributed by atoms with Crippen molar-refractivity contribution in [3.8, 4) is 0 Å². The second-order valence-corrected chi connectivity index (χ2v) is 11.8. The fraction of sp³-hybridized carbons (Fsp3) is 0.440. The van der Waals surface area contributed by atoms with Gasteiger partial charge in [0.2, 0.25) is 10.0 Å². The van der Waals surface area contributed by atoms with Crippen molar-refractivity contribution >= 4 is 15.7 Å². The lowest BCUT2D eigenvalue weighted by atomic mass is 10.0. The molecule has 3 aromatic rings. The molecule has 2 aliphatic heterocycles. The first-order valence-corrected chi connectivity index (χ1v) is 13.6. The molecule has 0 aliphatic carbocycles. The highest BCUT2D eigenvalue weighted by Gasteiger charge is 2.41. The molecule has 1 aromatic heterocycles. The Balaban J connectivity index is 1.33. The molecule has 2 fully saturated rings. The van der Waals surface area contributed by atoms with Gasteiger partial charge < -0.3 is 4.57 Å². The molecular formula is C25H31FN5O3S+. The molecule has 3 heterocycles. The van der Waals surface area contributed by atoms with Gasteiger partial charge in [-0.05, 0) is 31.4 Å². The molecule has 2 aliphatic rings. The summed E-state index contributed by atoms with van der Waals surface area (Å²) >= 11 is 0. The van der Waals surface area contributed by atoms with Crippen molar-refractivity contribution in [1.29, 1.82) is 0 Å². The number of hydrogen-bond acceptors (Lipinski definition) is 5. The Kier molecular flexibility index (Phi) is 6.47. The lowest BCUT2D eigenvalue weighted by Crippen LogP contribution is -2.51. The predicted molar refractivity (Wildman–Crippen MR) is 130 cm³/mol. The van der Waals surface area contributed by atoms with Crippen molar-refractivity contribution in [1.82, 2.24) is 23.7 Å². The molecule has 2 aromatic carbocycles. The van der Waals surface area contributed by atoms with Crippen molar-refractivity contribution in [2.24, 2.45) is 0 Å². The topological polar surface area (TPSA) is 88.3 Å². The largest absolute Gasteiger partial charge is 0.317 e. The van der Waals surface area contributed by atoms with Crippen LogP contribution in [0.1, 0.15) is 55.0 Å². The monoisotopic (exact) mass is 500 g/mol. The predicted octanol–water partition coefficient (Wildman–Crippen LogP) is 4.20. The van der Waals surface area contributed by atoms with Crippen LogP contribution >= 0.6 is 0 Å². The van der Waals surface area contributed by atoms with E-state index in [9.17, 15) is 13.6 Å². The van der Waals surface area contributed by atoms with Crippen LogP contribution in [-0.2, 0) is 16.6 Å². The number of aromatic nitrogens is 3. The van der Waals surface area contributed by atoms with Gasteiger partial charge in [-0.1, -0.05) is 30.3 Å². The van der Waals surface area contributed by atoms with Gasteiger partial charge in [0.05, 0.1) is 0 Å². The summed E-state index contributed by atoms with van der Waals surface area (Å²) in [6.07, 6.45) is 6.03. The summed E-state index contributed by atoms with van der Waals surface area (Å²) in [6.45, 7) is 2.73. The lowest BCUT2D eigenvalue weighted by molar-refractivity contribution is -0.0996. The average Bonchev–Trinajstić information content (AvgIpc) is 3.38. The number of hydroxylamine groups is 2. The first kappa shape index (κ1) is 24.1. The van der Waals surface area contributed by atoms with Gasteiger partial charge in [0.1, 0.15) is 36.8 Å². The van der Waals surface area contributed by atoms with Crippen molar-refractivity contribution in [2.75, 3.05) is 13.1 Å². The summed E-state index contributed by atoms with van der Waals surface area (Å²) in [5.74, 6) is -0.501. The first-order valence-electron chi connectivity index (χ1n) is 12.1. The number of piperidine rings is 1. The Labute approximate surface area is 205 Å². The Morgan fingerprint density at radius 1 is 1.03 bits per heavy atom. The molecule has 2 saturated heterocycles. The summed E-state index contributed by atoms with van der Waals surface area (Å²) in [5.41, 5.74) is 1.55. The van der Waals surface area contributed by atoms with Gasteiger partial charge in [-0.15, -0.1) is 10.2 Å². The molecule has 186 valence electrons. The smallest absolute Gasteiger partial charge is 0.221 e. The second-order valence-electron chi connectivity index (χ2n) is 9.70. The molecule has 0 amide bonds. The molecule has 0 unspecified atom stereocenters. The van der Waals surface area contributed by atoms with Gasteiger partial charge in [0.15, 0.2) is 5.69 Å². The van der Waals surface area contributed by atoms with Gasteiger partial charge in [-0.3, -0.25) is 0 Å². The molecule has 1 N–H and O–H groups in total. The van der Waals surface area contributed by atoms with Crippen LogP contribution in [-0.4, -0.2) is 51.8 Å². The number of sulfonamides is 1. The zero-order chi connectivity index (χ0) is 24.6. The number of benzene rings is 2. The number of quaternary nitrogens is 1. The van der Waals surface area contributed by atoms with E-state index in [2.05, 4.69) is 10.2 Å². The molecule has 8 nitrogen and oxygen atoms in total. The minimum absolute atomic E-state index is 0.0277. The normalized spacial score (nSPS) is 29.2. The second kappa shape index (κ2) is 9.42. The van der Waals surface area contributed by atoms with E-state index in [1.54, 1.807) is 24.8 Å². The van der Waals surface area contributed by atoms with Gasteiger partial charge >= 0.3 is 0 Å². The van der Waals surface area contributed by atoms with Crippen molar-refractivity contribution in [2.45, 2.75) is 56.5 Å². The van der Waals surface area contributed by atoms with Crippen LogP contribution < -0.4 is 4.65 Å². The summed E-state index contributed by atoms with van der Waals surface area (Å²) in [5, 5.41) is 18.3. The van der Waals surface area contributed by atoms with Crippen LogP contribution in [0.25, 0.3) is 0 Å². The van der Waals surface area contributed by atoms with Gasteiger partial charge in [-0.2, -0.15) is 8.95 Å². The molecular weight excluding hydrogens is 469 g/mol. The summed E-state index contributed by atoms with van der Waals surface area (Å²) in [6, 6.07) is 13.9. The highest BCUT2D eigenvalue weighted by atomic mass is 32.2. The Morgan fingerprint density at radius 2 is 1.71 bits per heavy atom. The zero-order valence-corrected chi connectivity index (χ0v) is 20.6. The maximum absolute atomic E-state index is 15.3. The zero-order valence-electron chi connectivity index (χ0n) is 19.7. The molecule has 0 bridgehead atoms. The number of nitrogens with zero attached hydrogens (tertiary/aromatic N) is 5. The van der Waals surface area contributed by atoms with E-state index in [-0.39, 0.29) is 23.3 Å². The first-order chi connectivity index (χ1) is 16.8. The van der Waals surface area contributed by atoms with E-state index >= 15 is 4.39 Å². The van der Waals surface area contributed by atoms with Crippen LogP contribution in [0, 0.1) is 5.82 Å². The third kappa shape index (κ3) is 4.63. The van der Waals surface area contributed by atoms with E-state index < -0.39 is 21.1 Å². The number of rotatable bonds is 5. The minimum Gasteiger partial charge on any atom is -0.317 e. The summed E-state index contributed by atoms with van der Waals surface area (Å²) in [7, 11) is -3.65. The Morgan fingerprint density at radius 3 is 2.37 bits per heavy atom.